The molecule has 0 spiro atoms. The molecule has 1 aliphatic rings. The number of nitrogens with one attached hydrogen (secondary N) is 1. The highest BCUT2D eigenvalue weighted by Gasteiger charge is 2.36. The SMILES string of the molecule is COc1cc(Cl)ccc1C(=O)N[C@@H](c1cnn(C)c1)C1CC(O)C1. The van der Waals surface area contributed by atoms with Gasteiger partial charge in [0.1, 0.15) is 5.75 Å². The predicted octanol–water partition coefficient (Wildman–Crippen LogP) is 2.32. The van der Waals surface area contributed by atoms with Crippen LogP contribution in [0.2, 0.25) is 5.02 Å². The number of aryl methyl sites for hydroxylation is 1. The van der Waals surface area contributed by atoms with E-state index in [0.29, 0.717) is 29.2 Å². The Bertz CT molecular complexity index is 740. The number of carbonyl (C=O) groups is 1. The Morgan fingerprint density at radius 2 is 2.25 bits per heavy atom. The van der Waals surface area contributed by atoms with Crippen molar-refractivity contribution >= 4 is 17.5 Å². The smallest absolute Gasteiger partial charge is 0.255 e. The van der Waals surface area contributed by atoms with Gasteiger partial charge in [0.15, 0.2) is 0 Å². The lowest BCUT2D eigenvalue weighted by atomic mass is 9.75. The van der Waals surface area contributed by atoms with Crippen LogP contribution in [0.3, 0.4) is 0 Å². The van der Waals surface area contributed by atoms with Crippen molar-refractivity contribution in [2.75, 3.05) is 7.11 Å². The lowest BCUT2D eigenvalue weighted by Gasteiger charge is -2.37. The molecule has 0 bridgehead atoms. The van der Waals surface area contributed by atoms with Gasteiger partial charge < -0.3 is 15.2 Å². The number of nitrogens with zero attached hydrogens (tertiary/aromatic N) is 2. The van der Waals surface area contributed by atoms with E-state index >= 15 is 0 Å². The molecule has 2 N–H and O–H groups in total. The van der Waals surface area contributed by atoms with Crippen LogP contribution in [0.5, 0.6) is 5.75 Å². The molecule has 24 heavy (non-hydrogen) atoms. The topological polar surface area (TPSA) is 76.4 Å². The van der Waals surface area contributed by atoms with Gasteiger partial charge in [-0.05, 0) is 37.0 Å². The molecule has 0 unspecified atom stereocenters. The van der Waals surface area contributed by atoms with Gasteiger partial charge in [0.2, 0.25) is 0 Å². The molecule has 128 valence electrons. The lowest BCUT2D eigenvalue weighted by molar-refractivity contribution is 0.0235. The van der Waals surface area contributed by atoms with Gasteiger partial charge in [-0.25, -0.2) is 0 Å². The standard InChI is InChI=1S/C17H20ClN3O3/c1-21-9-11(8-19-21)16(10-5-13(22)6-10)20-17(23)14-4-3-12(18)7-15(14)24-2/h3-4,7-10,13,16,22H,5-6H2,1-2H3,(H,20,23)/t10?,13?,16-/m1/s1. The van der Waals surface area contributed by atoms with E-state index in [1.54, 1.807) is 29.1 Å². The highest BCUT2D eigenvalue weighted by molar-refractivity contribution is 6.30. The molecule has 1 aromatic heterocycles. The Labute approximate surface area is 145 Å². The number of amides is 1. The molecular weight excluding hydrogens is 330 g/mol. The summed E-state index contributed by atoms with van der Waals surface area (Å²) in [5.74, 6) is 0.379. The number of benzene rings is 1. The number of aliphatic hydroxyl groups is 1. The zero-order chi connectivity index (χ0) is 17.3. The van der Waals surface area contributed by atoms with Crippen LogP contribution in [0, 0.1) is 5.92 Å². The molecule has 6 nitrogen and oxygen atoms in total. The maximum atomic E-state index is 12.7. The maximum absolute atomic E-state index is 12.7. The second-order valence-electron chi connectivity index (χ2n) is 6.13. The Kier molecular flexibility index (Phi) is 4.78. The number of aromatic nitrogens is 2. The molecule has 1 fully saturated rings. The van der Waals surface area contributed by atoms with Crippen LogP contribution in [0.1, 0.15) is 34.8 Å². The number of methoxy groups -OCH3 is 1. The van der Waals surface area contributed by atoms with E-state index in [-0.39, 0.29) is 24.0 Å². The average molecular weight is 350 g/mol. The molecule has 1 aromatic carbocycles. The van der Waals surface area contributed by atoms with E-state index in [9.17, 15) is 9.90 Å². The van der Waals surface area contributed by atoms with Crippen molar-refractivity contribution in [3.05, 3.63) is 46.7 Å². The molecule has 1 aliphatic carbocycles. The minimum atomic E-state index is -0.295. The highest BCUT2D eigenvalue weighted by atomic mass is 35.5. The Morgan fingerprint density at radius 3 is 2.83 bits per heavy atom. The number of hydrogen-bond donors (Lipinski definition) is 2. The van der Waals surface area contributed by atoms with Gasteiger partial charge in [0, 0.05) is 23.8 Å². The fourth-order valence-electron chi connectivity index (χ4n) is 3.05. The molecule has 0 saturated heterocycles. The summed E-state index contributed by atoms with van der Waals surface area (Å²) in [5.41, 5.74) is 1.35. The number of carbonyl (C=O) groups excluding carboxylic acids is 1. The van der Waals surface area contributed by atoms with Gasteiger partial charge in [-0.15, -0.1) is 0 Å². The third kappa shape index (κ3) is 3.39. The molecule has 0 aliphatic heterocycles. The first kappa shape index (κ1) is 16.8. The van der Waals surface area contributed by atoms with Crippen molar-refractivity contribution in [2.45, 2.75) is 25.0 Å². The Hall–Kier alpha value is -2.05. The largest absolute Gasteiger partial charge is 0.496 e. The number of halogens is 1. The fraction of sp³-hybridized carbons (Fsp3) is 0.412. The molecule has 1 atom stereocenters. The fourth-order valence-corrected chi connectivity index (χ4v) is 3.21. The van der Waals surface area contributed by atoms with E-state index < -0.39 is 0 Å². The molecule has 7 heteroatoms. The molecular formula is C17H20ClN3O3. The number of ether oxygens (including phenoxy) is 1. The molecule has 2 aromatic rings. The lowest BCUT2D eigenvalue weighted by Crippen LogP contribution is -2.41. The van der Waals surface area contributed by atoms with Crippen molar-refractivity contribution in [3.8, 4) is 5.75 Å². The summed E-state index contributed by atoms with van der Waals surface area (Å²) in [5, 5.41) is 17.4. The van der Waals surface area contributed by atoms with Gasteiger partial charge in [-0.2, -0.15) is 5.10 Å². The second kappa shape index (κ2) is 6.83. The third-order valence-electron chi connectivity index (χ3n) is 4.40. The monoisotopic (exact) mass is 349 g/mol. The Morgan fingerprint density at radius 1 is 1.50 bits per heavy atom. The summed E-state index contributed by atoms with van der Waals surface area (Å²) in [6.45, 7) is 0. The average Bonchev–Trinajstić information content (AvgIpc) is 2.95. The van der Waals surface area contributed by atoms with Crippen molar-refractivity contribution in [2.24, 2.45) is 13.0 Å². The van der Waals surface area contributed by atoms with E-state index in [2.05, 4.69) is 10.4 Å². The minimum Gasteiger partial charge on any atom is -0.496 e. The van der Waals surface area contributed by atoms with Crippen molar-refractivity contribution in [1.29, 1.82) is 0 Å². The highest BCUT2D eigenvalue weighted by Crippen LogP contribution is 2.38. The summed E-state index contributed by atoms with van der Waals surface area (Å²) in [6.07, 6.45) is 4.66. The van der Waals surface area contributed by atoms with Crippen LogP contribution < -0.4 is 10.1 Å². The zero-order valence-electron chi connectivity index (χ0n) is 13.6. The number of aliphatic hydroxyl groups excluding tert-OH is 1. The van der Waals surface area contributed by atoms with Crippen LogP contribution in [-0.2, 0) is 7.05 Å². The predicted molar refractivity (Wildman–Crippen MR) is 90.2 cm³/mol. The third-order valence-corrected chi connectivity index (χ3v) is 4.63. The van der Waals surface area contributed by atoms with Crippen molar-refractivity contribution in [3.63, 3.8) is 0 Å². The Balaban J connectivity index is 1.83. The van der Waals surface area contributed by atoms with Gasteiger partial charge in [0.25, 0.3) is 5.91 Å². The zero-order valence-corrected chi connectivity index (χ0v) is 14.3. The van der Waals surface area contributed by atoms with E-state index in [4.69, 9.17) is 16.3 Å². The summed E-state index contributed by atoms with van der Waals surface area (Å²) in [4.78, 5) is 12.7. The van der Waals surface area contributed by atoms with E-state index in [0.717, 1.165) is 5.56 Å². The van der Waals surface area contributed by atoms with Crippen molar-refractivity contribution < 1.29 is 14.6 Å². The molecule has 1 saturated carbocycles. The van der Waals surface area contributed by atoms with Crippen LogP contribution in [0.15, 0.2) is 30.6 Å². The summed E-state index contributed by atoms with van der Waals surface area (Å²) >= 11 is 5.95. The van der Waals surface area contributed by atoms with Gasteiger partial charge in [-0.3, -0.25) is 9.48 Å². The summed E-state index contributed by atoms with van der Waals surface area (Å²) in [7, 11) is 3.34. The molecule has 0 radical (unpaired) electrons. The first-order chi connectivity index (χ1) is 11.5. The first-order valence-electron chi connectivity index (χ1n) is 7.79. The number of rotatable bonds is 5. The minimum absolute atomic E-state index is 0.187. The quantitative estimate of drug-likeness (QED) is 0.868. The van der Waals surface area contributed by atoms with Crippen LogP contribution in [0.4, 0.5) is 0 Å². The summed E-state index contributed by atoms with van der Waals surface area (Å²) in [6, 6.07) is 4.72. The van der Waals surface area contributed by atoms with Crippen LogP contribution in [0.25, 0.3) is 0 Å². The first-order valence-corrected chi connectivity index (χ1v) is 8.16. The maximum Gasteiger partial charge on any atom is 0.255 e. The van der Waals surface area contributed by atoms with Crippen molar-refractivity contribution in [1.82, 2.24) is 15.1 Å². The molecule has 3 rings (SSSR count). The molecule has 1 amide bonds. The number of hydrogen-bond acceptors (Lipinski definition) is 4. The van der Waals surface area contributed by atoms with Crippen LogP contribution >= 0.6 is 11.6 Å². The van der Waals surface area contributed by atoms with E-state index in [1.165, 1.54) is 7.11 Å². The normalized spacial score (nSPS) is 21.0. The second-order valence-corrected chi connectivity index (χ2v) is 6.56. The van der Waals surface area contributed by atoms with Gasteiger partial charge in [-0.1, -0.05) is 11.6 Å². The summed E-state index contributed by atoms with van der Waals surface area (Å²) < 4.78 is 6.96. The molecule has 1 heterocycles. The van der Waals surface area contributed by atoms with Gasteiger partial charge >= 0.3 is 0 Å². The van der Waals surface area contributed by atoms with Crippen LogP contribution in [-0.4, -0.2) is 34.0 Å². The van der Waals surface area contributed by atoms with E-state index in [1.807, 2.05) is 13.2 Å². The van der Waals surface area contributed by atoms with Gasteiger partial charge in [0.05, 0.1) is 31.0 Å².